The summed E-state index contributed by atoms with van der Waals surface area (Å²) in [5, 5.41) is 0. The van der Waals surface area contributed by atoms with Crippen LogP contribution in [0.25, 0.3) is 0 Å². The van der Waals surface area contributed by atoms with E-state index < -0.39 is 35.4 Å². The summed E-state index contributed by atoms with van der Waals surface area (Å²) in [5.41, 5.74) is -1.59. The van der Waals surface area contributed by atoms with Gasteiger partial charge in [0.25, 0.3) is 5.91 Å². The highest BCUT2D eigenvalue weighted by Gasteiger charge is 2.37. The lowest BCUT2D eigenvalue weighted by atomic mass is 9.98. The number of rotatable bonds is 8. The Morgan fingerprint density at radius 2 is 1.49 bits per heavy atom. The van der Waals surface area contributed by atoms with E-state index in [9.17, 15) is 31.1 Å². The normalized spacial score (nSPS) is 21.5. The first-order valence-corrected chi connectivity index (χ1v) is 14.1. The molecule has 0 spiro atoms. The standard InChI is InChI=1S/C30H37F6N3O4.2ClH/c1-19-16-38(17-20(2)43-19)8-7-37-9-10-39(28(40)22-13-23(29(31,32)33)15-25(14-22)41-3)24(18-37)11-21-5-6-26(30(34,35)36)27(12-21)42-4;;/h5-6,12-15,19-20,24H,7-11,16-18H2,1-4H3;2*1H/t19-,20+,24-;;/m1../s1. The van der Waals surface area contributed by atoms with Gasteiger partial charge < -0.3 is 19.1 Å². The van der Waals surface area contributed by atoms with Crippen LogP contribution < -0.4 is 9.47 Å². The number of morpholine rings is 1. The molecule has 0 aromatic heterocycles. The molecule has 2 aromatic rings. The Morgan fingerprint density at radius 1 is 0.844 bits per heavy atom. The van der Waals surface area contributed by atoms with E-state index in [-0.39, 0.29) is 67.1 Å². The van der Waals surface area contributed by atoms with E-state index >= 15 is 0 Å². The number of nitrogens with zero attached hydrogens (tertiary/aromatic N) is 3. The van der Waals surface area contributed by atoms with E-state index in [0.29, 0.717) is 25.2 Å². The molecule has 45 heavy (non-hydrogen) atoms. The lowest BCUT2D eigenvalue weighted by molar-refractivity contribution is -0.139. The van der Waals surface area contributed by atoms with Gasteiger partial charge in [0.2, 0.25) is 0 Å². The van der Waals surface area contributed by atoms with Crippen molar-refractivity contribution in [2.75, 3.05) is 60.0 Å². The Balaban J connectivity index is 0.00000353. The van der Waals surface area contributed by atoms with Crippen LogP contribution >= 0.6 is 24.8 Å². The molecule has 2 aliphatic rings. The van der Waals surface area contributed by atoms with Crippen molar-refractivity contribution in [3.8, 4) is 11.5 Å². The highest BCUT2D eigenvalue weighted by atomic mass is 35.5. The van der Waals surface area contributed by atoms with Crippen LogP contribution in [0, 0.1) is 0 Å². The lowest BCUT2D eigenvalue weighted by Gasteiger charge is -2.43. The molecule has 0 radical (unpaired) electrons. The number of benzene rings is 2. The van der Waals surface area contributed by atoms with Crippen LogP contribution in [0.15, 0.2) is 36.4 Å². The average molecular weight is 691 g/mol. The zero-order valence-electron chi connectivity index (χ0n) is 25.4. The molecule has 0 unspecified atom stereocenters. The quantitative estimate of drug-likeness (QED) is 0.314. The predicted octanol–water partition coefficient (Wildman–Crippen LogP) is 6.06. The zero-order chi connectivity index (χ0) is 31.5. The van der Waals surface area contributed by atoms with Crippen LogP contribution in [-0.4, -0.2) is 98.9 Å². The number of hydrogen-bond donors (Lipinski definition) is 0. The summed E-state index contributed by atoms with van der Waals surface area (Å²) in [6.07, 6.45) is -8.91. The Labute approximate surface area is 271 Å². The maximum absolute atomic E-state index is 13.7. The third-order valence-corrected chi connectivity index (χ3v) is 7.81. The molecule has 15 heteroatoms. The fourth-order valence-corrected chi connectivity index (χ4v) is 5.85. The molecule has 2 heterocycles. The monoisotopic (exact) mass is 689 g/mol. The minimum atomic E-state index is -4.69. The maximum atomic E-state index is 13.7. The van der Waals surface area contributed by atoms with Crippen LogP contribution in [0.3, 0.4) is 0 Å². The van der Waals surface area contributed by atoms with E-state index in [4.69, 9.17) is 14.2 Å². The Kier molecular flexibility index (Phi) is 13.7. The average Bonchev–Trinajstić information content (AvgIpc) is 2.94. The molecule has 4 rings (SSSR count). The molecule has 2 aromatic carbocycles. The number of alkyl halides is 6. The van der Waals surface area contributed by atoms with E-state index in [1.54, 1.807) is 0 Å². The van der Waals surface area contributed by atoms with Crippen LogP contribution in [0.1, 0.15) is 40.9 Å². The summed E-state index contributed by atoms with van der Waals surface area (Å²) in [7, 11) is 2.38. The van der Waals surface area contributed by atoms with Gasteiger partial charge in [-0.15, -0.1) is 24.8 Å². The second-order valence-electron chi connectivity index (χ2n) is 11.2. The van der Waals surface area contributed by atoms with E-state index in [0.717, 1.165) is 44.9 Å². The van der Waals surface area contributed by atoms with E-state index in [1.807, 2.05) is 13.8 Å². The van der Waals surface area contributed by atoms with Crippen molar-refractivity contribution in [2.24, 2.45) is 0 Å². The highest BCUT2D eigenvalue weighted by Crippen LogP contribution is 2.37. The number of halogens is 8. The van der Waals surface area contributed by atoms with Crippen molar-refractivity contribution in [1.29, 1.82) is 0 Å². The number of methoxy groups -OCH3 is 2. The van der Waals surface area contributed by atoms with Crippen molar-refractivity contribution in [3.05, 3.63) is 58.7 Å². The maximum Gasteiger partial charge on any atom is 0.419 e. The first kappa shape index (κ1) is 38.7. The van der Waals surface area contributed by atoms with E-state index in [2.05, 4.69) is 9.80 Å². The summed E-state index contributed by atoms with van der Waals surface area (Å²) < 4.78 is 97.0. The fourth-order valence-electron chi connectivity index (χ4n) is 5.85. The Hall–Kier alpha value is -2.45. The summed E-state index contributed by atoms with van der Waals surface area (Å²) in [6.45, 7) is 8.17. The lowest BCUT2D eigenvalue weighted by Crippen LogP contribution is -2.57. The molecule has 2 aliphatic heterocycles. The van der Waals surface area contributed by atoms with E-state index in [1.165, 1.54) is 30.2 Å². The van der Waals surface area contributed by atoms with Gasteiger partial charge in [-0.25, -0.2) is 0 Å². The van der Waals surface area contributed by atoms with Gasteiger partial charge in [0.05, 0.1) is 37.6 Å². The van der Waals surface area contributed by atoms with Crippen molar-refractivity contribution < 1.29 is 45.3 Å². The van der Waals surface area contributed by atoms with Crippen molar-refractivity contribution in [2.45, 2.75) is 50.9 Å². The topological polar surface area (TPSA) is 54.5 Å². The van der Waals surface area contributed by atoms with Gasteiger partial charge in [0.15, 0.2) is 0 Å². The van der Waals surface area contributed by atoms with Gasteiger partial charge in [-0.1, -0.05) is 6.07 Å². The molecule has 2 saturated heterocycles. The first-order chi connectivity index (χ1) is 20.2. The van der Waals surface area contributed by atoms with Gasteiger partial charge in [-0.05, 0) is 56.2 Å². The number of ether oxygens (including phenoxy) is 3. The Bertz CT molecular complexity index is 1270. The zero-order valence-corrected chi connectivity index (χ0v) is 27.0. The van der Waals surface area contributed by atoms with Gasteiger partial charge in [-0.2, -0.15) is 26.3 Å². The van der Waals surface area contributed by atoms with Crippen LogP contribution in [0.2, 0.25) is 0 Å². The number of carbonyl (C=O) groups is 1. The molecule has 1 amide bonds. The summed E-state index contributed by atoms with van der Waals surface area (Å²) in [4.78, 5) is 19.7. The second kappa shape index (κ2) is 15.9. The summed E-state index contributed by atoms with van der Waals surface area (Å²) >= 11 is 0. The van der Waals surface area contributed by atoms with Crippen LogP contribution in [0.5, 0.6) is 11.5 Å². The fraction of sp³-hybridized carbons (Fsp3) is 0.567. The molecule has 0 bridgehead atoms. The third kappa shape index (κ3) is 10.0. The molecule has 3 atom stereocenters. The number of piperazine rings is 1. The highest BCUT2D eigenvalue weighted by molar-refractivity contribution is 5.95. The van der Waals surface area contributed by atoms with Gasteiger partial charge >= 0.3 is 12.4 Å². The van der Waals surface area contributed by atoms with Crippen LogP contribution in [-0.2, 0) is 23.5 Å². The largest absolute Gasteiger partial charge is 0.497 e. The number of carbonyl (C=O) groups excluding carboxylic acids is 1. The minimum absolute atomic E-state index is 0. The van der Waals surface area contributed by atoms with Crippen molar-refractivity contribution >= 4 is 30.7 Å². The number of hydrogen-bond acceptors (Lipinski definition) is 6. The van der Waals surface area contributed by atoms with Crippen LogP contribution in [0.4, 0.5) is 26.3 Å². The van der Waals surface area contributed by atoms with Gasteiger partial charge in [-0.3, -0.25) is 14.6 Å². The molecular formula is C30H39Cl2F6N3O4. The SMILES string of the molecule is COc1cc(C(=O)N2CCN(CCN3C[C@@H](C)O[C@@H](C)C3)C[C@H]2Cc2ccc(C(F)(F)F)c(OC)c2)cc(C(F)(F)F)c1.Cl.Cl. The third-order valence-electron chi connectivity index (χ3n) is 7.81. The molecule has 2 fully saturated rings. The smallest absolute Gasteiger partial charge is 0.419 e. The first-order valence-electron chi connectivity index (χ1n) is 14.1. The molecule has 0 aliphatic carbocycles. The van der Waals surface area contributed by atoms with Crippen molar-refractivity contribution in [1.82, 2.24) is 14.7 Å². The molecular weight excluding hydrogens is 651 g/mol. The molecule has 0 N–H and O–H groups in total. The summed E-state index contributed by atoms with van der Waals surface area (Å²) in [6, 6.07) is 5.96. The minimum Gasteiger partial charge on any atom is -0.497 e. The number of amides is 1. The predicted molar refractivity (Wildman–Crippen MR) is 162 cm³/mol. The summed E-state index contributed by atoms with van der Waals surface area (Å²) in [5.74, 6) is -1.05. The molecule has 7 nitrogen and oxygen atoms in total. The second-order valence-corrected chi connectivity index (χ2v) is 11.2. The van der Waals surface area contributed by atoms with Crippen molar-refractivity contribution in [3.63, 3.8) is 0 Å². The van der Waals surface area contributed by atoms with Gasteiger partial charge in [0.1, 0.15) is 11.5 Å². The molecule has 0 saturated carbocycles. The Morgan fingerprint density at radius 3 is 2.07 bits per heavy atom. The molecule has 254 valence electrons. The van der Waals surface area contributed by atoms with Gasteiger partial charge in [0, 0.05) is 57.4 Å².